The van der Waals surface area contributed by atoms with Crippen LogP contribution >= 0.6 is 11.6 Å². The Hall–Kier alpha value is -3.32. The summed E-state index contributed by atoms with van der Waals surface area (Å²) in [5, 5.41) is 17.9. The molecule has 3 rings (SSSR count). The molecule has 0 aliphatic carbocycles. The van der Waals surface area contributed by atoms with E-state index in [0.29, 0.717) is 22.0 Å². The number of carbonyl (C=O) groups excluding carboxylic acids is 1. The van der Waals surface area contributed by atoms with E-state index < -0.39 is 11.9 Å². The van der Waals surface area contributed by atoms with Gasteiger partial charge in [-0.1, -0.05) is 35.9 Å². The Morgan fingerprint density at radius 2 is 1.69 bits per heavy atom. The molecule has 3 aromatic rings. The monoisotopic (exact) mass is 370 g/mol. The molecule has 132 valence electrons. The smallest absolute Gasteiger partial charge is 0.354 e. The Kier molecular flexibility index (Phi) is 4.40. The maximum absolute atomic E-state index is 11.7. The van der Waals surface area contributed by atoms with Gasteiger partial charge in [-0.2, -0.15) is 0 Å². The van der Waals surface area contributed by atoms with Gasteiger partial charge in [-0.25, -0.2) is 4.79 Å². The lowest BCUT2D eigenvalue weighted by Gasteiger charge is -2.10. The van der Waals surface area contributed by atoms with Crippen molar-refractivity contribution in [2.45, 2.75) is 6.54 Å². The number of nitrogen functional groups attached to an aromatic ring is 1. The van der Waals surface area contributed by atoms with Gasteiger partial charge < -0.3 is 21.1 Å². The van der Waals surface area contributed by atoms with Crippen LogP contribution in [0.3, 0.4) is 0 Å². The summed E-state index contributed by atoms with van der Waals surface area (Å²) in [5.74, 6) is -1.83. The van der Waals surface area contributed by atoms with Crippen molar-refractivity contribution >= 4 is 40.2 Å². The number of carbonyl (C=O) groups is 2. The van der Waals surface area contributed by atoms with Gasteiger partial charge in [0.1, 0.15) is 11.5 Å². The van der Waals surface area contributed by atoms with E-state index in [1.165, 1.54) is 0 Å². The second kappa shape index (κ2) is 6.53. The number of nitrogens with zero attached hydrogens (tertiary/aromatic N) is 1. The Bertz CT molecular complexity index is 1050. The predicted molar refractivity (Wildman–Crippen MR) is 99.0 cm³/mol. The van der Waals surface area contributed by atoms with Crippen LogP contribution in [0.1, 0.15) is 32.0 Å². The number of carboxylic acids is 1. The highest BCUT2D eigenvalue weighted by Crippen LogP contribution is 2.32. The molecule has 0 aliphatic rings. The fourth-order valence-electron chi connectivity index (χ4n) is 2.81. The van der Waals surface area contributed by atoms with Crippen molar-refractivity contribution in [3.05, 3.63) is 69.9 Å². The van der Waals surface area contributed by atoms with Crippen molar-refractivity contribution in [1.82, 2.24) is 4.57 Å². The van der Waals surface area contributed by atoms with Gasteiger partial charge in [0, 0.05) is 23.1 Å². The number of carboxylic acid groups (broad SMARTS) is 1. The summed E-state index contributed by atoms with van der Waals surface area (Å²) in [6, 6.07) is 11.4. The molecule has 0 saturated carbocycles. The Balaban J connectivity index is 2.17. The first-order chi connectivity index (χ1) is 12.3. The summed E-state index contributed by atoms with van der Waals surface area (Å²) >= 11 is 6.27. The molecule has 7 nitrogen and oxygen atoms in total. The molecule has 8 heteroatoms. The van der Waals surface area contributed by atoms with E-state index in [1.807, 2.05) is 0 Å². The average molecular weight is 371 g/mol. The zero-order chi connectivity index (χ0) is 19.0. The van der Waals surface area contributed by atoms with Crippen LogP contribution in [0.4, 0.5) is 0 Å². The third-order valence-corrected chi connectivity index (χ3v) is 4.48. The van der Waals surface area contributed by atoms with Gasteiger partial charge in [-0.15, -0.1) is 0 Å². The van der Waals surface area contributed by atoms with Crippen LogP contribution in [0.5, 0.6) is 0 Å². The number of fused-ring (bicyclic) bond motifs is 1. The zero-order valence-electron chi connectivity index (χ0n) is 13.5. The summed E-state index contributed by atoms with van der Waals surface area (Å²) in [4.78, 5) is 22.9. The molecule has 1 heterocycles. The highest BCUT2D eigenvalue weighted by atomic mass is 35.5. The Labute approximate surface area is 153 Å². The number of nitrogens with one attached hydrogen (secondary N) is 1. The number of aromatic carboxylic acids is 1. The summed E-state index contributed by atoms with van der Waals surface area (Å²) < 4.78 is 1.55. The zero-order valence-corrected chi connectivity index (χ0v) is 14.2. The van der Waals surface area contributed by atoms with Gasteiger partial charge in [-0.05, 0) is 23.8 Å². The minimum atomic E-state index is -1.16. The van der Waals surface area contributed by atoms with Crippen LogP contribution in [0.2, 0.25) is 5.02 Å². The molecule has 26 heavy (non-hydrogen) atoms. The van der Waals surface area contributed by atoms with Crippen molar-refractivity contribution in [3.8, 4) is 0 Å². The standard InChI is InChI=1S/C18H15ClN4O3/c19-14-12-6-5-11(16(20)21)7-13(12)23(15(14)18(25)26)8-9-1-3-10(4-2-9)17(22)24/h1-7H,8H2,(H3,20,21)(H2,22,24)(H,25,26). The number of hydrogen-bond donors (Lipinski definition) is 4. The van der Waals surface area contributed by atoms with Crippen molar-refractivity contribution in [3.63, 3.8) is 0 Å². The number of nitrogens with two attached hydrogens (primary N) is 2. The molecule has 1 aromatic heterocycles. The number of halogens is 1. The number of amidine groups is 1. The van der Waals surface area contributed by atoms with E-state index >= 15 is 0 Å². The van der Waals surface area contributed by atoms with Crippen molar-refractivity contribution < 1.29 is 14.7 Å². The molecular formula is C18H15ClN4O3. The number of hydrogen-bond acceptors (Lipinski definition) is 3. The largest absolute Gasteiger partial charge is 0.477 e. The van der Waals surface area contributed by atoms with E-state index in [-0.39, 0.29) is 23.1 Å². The molecule has 2 aromatic carbocycles. The highest BCUT2D eigenvalue weighted by Gasteiger charge is 2.22. The molecule has 6 N–H and O–H groups in total. The molecule has 0 unspecified atom stereocenters. The summed E-state index contributed by atoms with van der Waals surface area (Å²) in [5.41, 5.74) is 12.9. The fourth-order valence-corrected chi connectivity index (χ4v) is 3.15. The topological polar surface area (TPSA) is 135 Å². The highest BCUT2D eigenvalue weighted by molar-refractivity contribution is 6.38. The summed E-state index contributed by atoms with van der Waals surface area (Å²) in [6.07, 6.45) is 0. The van der Waals surface area contributed by atoms with Crippen LogP contribution in [0.25, 0.3) is 10.9 Å². The number of benzene rings is 2. The molecule has 0 fully saturated rings. The number of amides is 1. The van der Waals surface area contributed by atoms with Crippen LogP contribution in [0.15, 0.2) is 42.5 Å². The van der Waals surface area contributed by atoms with E-state index in [0.717, 1.165) is 5.56 Å². The van der Waals surface area contributed by atoms with Crippen molar-refractivity contribution in [1.29, 1.82) is 5.41 Å². The van der Waals surface area contributed by atoms with Gasteiger partial charge in [0.2, 0.25) is 5.91 Å². The minimum absolute atomic E-state index is 0.0543. The number of rotatable bonds is 5. The SMILES string of the molecule is N=C(N)c1ccc2c(Cl)c(C(=O)O)n(Cc3ccc(C(N)=O)cc3)c2c1. The second-order valence-corrected chi connectivity index (χ2v) is 6.14. The summed E-state index contributed by atoms with van der Waals surface area (Å²) in [7, 11) is 0. The second-order valence-electron chi connectivity index (χ2n) is 5.76. The minimum Gasteiger partial charge on any atom is -0.477 e. The first-order valence-electron chi connectivity index (χ1n) is 7.57. The van der Waals surface area contributed by atoms with E-state index in [9.17, 15) is 14.7 Å². The van der Waals surface area contributed by atoms with Crippen LogP contribution < -0.4 is 11.5 Å². The maximum Gasteiger partial charge on any atom is 0.354 e. The third kappa shape index (κ3) is 3.00. The summed E-state index contributed by atoms with van der Waals surface area (Å²) in [6.45, 7) is 0.214. The number of primary amides is 1. The first-order valence-corrected chi connectivity index (χ1v) is 7.95. The third-order valence-electron chi connectivity index (χ3n) is 4.10. The molecule has 0 saturated heterocycles. The lowest BCUT2D eigenvalue weighted by atomic mass is 10.1. The lowest BCUT2D eigenvalue weighted by Crippen LogP contribution is -2.13. The van der Waals surface area contributed by atoms with Crippen LogP contribution in [0, 0.1) is 5.41 Å². The quantitative estimate of drug-likeness (QED) is 0.405. The molecule has 0 radical (unpaired) electrons. The van der Waals surface area contributed by atoms with Gasteiger partial charge in [-0.3, -0.25) is 10.2 Å². The van der Waals surface area contributed by atoms with Gasteiger partial charge >= 0.3 is 5.97 Å². The molecule has 0 bridgehead atoms. The fraction of sp³-hybridized carbons (Fsp3) is 0.0556. The van der Waals surface area contributed by atoms with E-state index in [4.69, 9.17) is 28.5 Å². The van der Waals surface area contributed by atoms with Crippen molar-refractivity contribution in [2.75, 3.05) is 0 Å². The normalized spacial score (nSPS) is 10.8. The van der Waals surface area contributed by atoms with E-state index in [2.05, 4.69) is 0 Å². The molecule has 0 spiro atoms. The van der Waals surface area contributed by atoms with Crippen LogP contribution in [-0.2, 0) is 6.54 Å². The lowest BCUT2D eigenvalue weighted by molar-refractivity contribution is 0.0686. The Morgan fingerprint density at radius 1 is 1.08 bits per heavy atom. The molecule has 1 amide bonds. The molecule has 0 atom stereocenters. The van der Waals surface area contributed by atoms with E-state index in [1.54, 1.807) is 47.0 Å². The van der Waals surface area contributed by atoms with Gasteiger partial charge in [0.25, 0.3) is 0 Å². The van der Waals surface area contributed by atoms with Crippen molar-refractivity contribution in [2.24, 2.45) is 11.5 Å². The van der Waals surface area contributed by atoms with Crippen LogP contribution in [-0.4, -0.2) is 27.4 Å². The average Bonchev–Trinajstić information content (AvgIpc) is 2.87. The Morgan fingerprint density at radius 3 is 2.23 bits per heavy atom. The molecular weight excluding hydrogens is 356 g/mol. The number of aromatic nitrogens is 1. The maximum atomic E-state index is 11.7. The van der Waals surface area contributed by atoms with Gasteiger partial charge in [0.05, 0.1) is 10.5 Å². The predicted octanol–water partition coefficient (Wildman–Crippen LogP) is 2.42. The first kappa shape index (κ1) is 17.5. The molecule has 0 aliphatic heterocycles. The van der Waals surface area contributed by atoms with Gasteiger partial charge in [0.15, 0.2) is 0 Å².